The zero-order valence-corrected chi connectivity index (χ0v) is 15.8. The van der Waals surface area contributed by atoms with Crippen LogP contribution >= 0.6 is 0 Å². The summed E-state index contributed by atoms with van der Waals surface area (Å²) in [6.45, 7) is 0.571. The lowest BCUT2D eigenvalue weighted by Crippen LogP contribution is -2.41. The summed E-state index contributed by atoms with van der Waals surface area (Å²) in [5.41, 5.74) is 0.719. The Morgan fingerprint density at radius 3 is 2.75 bits per heavy atom. The number of aromatic nitrogens is 3. The molecule has 1 aliphatic rings. The summed E-state index contributed by atoms with van der Waals surface area (Å²) in [6, 6.07) is 14.5. The minimum atomic E-state index is -3.71. The standard InChI is InChI=1S/C19H19N5O3S/c25-19(22-16-9-10-18-20-13-21-24(18)12-16)14-5-4-6-15(11-14)23-28(26,27)17-7-2-1-3-8-17/h1-8,11,13,16,23H,9-10,12H2,(H,22,25)/t16-/m0/s1. The van der Waals surface area contributed by atoms with Gasteiger partial charge in [0, 0.05) is 23.7 Å². The molecule has 2 heterocycles. The summed E-state index contributed by atoms with van der Waals surface area (Å²) in [4.78, 5) is 17.0. The smallest absolute Gasteiger partial charge is 0.261 e. The van der Waals surface area contributed by atoms with E-state index in [1.807, 2.05) is 0 Å². The van der Waals surface area contributed by atoms with Crippen molar-refractivity contribution in [3.63, 3.8) is 0 Å². The number of benzene rings is 2. The number of fused-ring (bicyclic) bond motifs is 1. The van der Waals surface area contributed by atoms with Crippen LogP contribution in [0.3, 0.4) is 0 Å². The highest BCUT2D eigenvalue weighted by Crippen LogP contribution is 2.18. The van der Waals surface area contributed by atoms with Crippen LogP contribution in [0.4, 0.5) is 5.69 Å². The fourth-order valence-electron chi connectivity index (χ4n) is 3.16. The number of carbonyl (C=O) groups excluding carboxylic acids is 1. The number of rotatable bonds is 5. The van der Waals surface area contributed by atoms with E-state index in [-0.39, 0.29) is 16.8 Å². The average molecular weight is 397 g/mol. The molecular formula is C19H19N5O3S. The van der Waals surface area contributed by atoms with Crippen molar-refractivity contribution in [2.45, 2.75) is 30.3 Å². The highest BCUT2D eigenvalue weighted by atomic mass is 32.2. The lowest BCUT2D eigenvalue weighted by molar-refractivity contribution is 0.0926. The quantitative estimate of drug-likeness (QED) is 0.683. The Kier molecular flexibility index (Phi) is 4.82. The van der Waals surface area contributed by atoms with Gasteiger partial charge in [0.15, 0.2) is 0 Å². The molecule has 144 valence electrons. The Balaban J connectivity index is 1.46. The molecule has 2 aromatic carbocycles. The summed E-state index contributed by atoms with van der Waals surface area (Å²) in [5, 5.41) is 7.13. The molecule has 0 saturated heterocycles. The first-order valence-corrected chi connectivity index (χ1v) is 10.3. The number of nitrogens with zero attached hydrogens (tertiary/aromatic N) is 3. The molecule has 9 heteroatoms. The van der Waals surface area contributed by atoms with Crippen LogP contribution in [0, 0.1) is 0 Å². The van der Waals surface area contributed by atoms with Gasteiger partial charge < -0.3 is 5.32 Å². The van der Waals surface area contributed by atoms with Crippen LogP contribution in [0.15, 0.2) is 65.8 Å². The zero-order valence-electron chi connectivity index (χ0n) is 14.9. The second kappa shape index (κ2) is 7.43. The predicted octanol–water partition coefficient (Wildman–Crippen LogP) is 1.82. The van der Waals surface area contributed by atoms with E-state index in [1.165, 1.54) is 24.5 Å². The topological polar surface area (TPSA) is 106 Å². The van der Waals surface area contributed by atoms with Crippen LogP contribution in [-0.4, -0.2) is 35.1 Å². The van der Waals surface area contributed by atoms with Crippen LogP contribution in [0.25, 0.3) is 0 Å². The van der Waals surface area contributed by atoms with Crippen molar-refractivity contribution in [3.05, 3.63) is 72.3 Å². The van der Waals surface area contributed by atoms with Gasteiger partial charge >= 0.3 is 0 Å². The first-order valence-electron chi connectivity index (χ1n) is 8.87. The Hall–Kier alpha value is -3.20. The highest BCUT2D eigenvalue weighted by Gasteiger charge is 2.22. The largest absolute Gasteiger partial charge is 0.347 e. The SMILES string of the molecule is O=C(N[C@H]1CCc2ncnn2C1)c1cccc(NS(=O)(=O)c2ccccc2)c1. The molecule has 1 aliphatic heterocycles. The van der Waals surface area contributed by atoms with Crippen LogP contribution in [-0.2, 0) is 23.0 Å². The molecule has 1 aromatic heterocycles. The van der Waals surface area contributed by atoms with Crippen molar-refractivity contribution in [3.8, 4) is 0 Å². The van der Waals surface area contributed by atoms with Crippen LogP contribution in [0.2, 0.25) is 0 Å². The predicted molar refractivity (Wildman–Crippen MR) is 103 cm³/mol. The van der Waals surface area contributed by atoms with Gasteiger partial charge in [0.05, 0.1) is 11.4 Å². The fraction of sp³-hybridized carbons (Fsp3) is 0.211. The Morgan fingerprint density at radius 1 is 1.11 bits per heavy atom. The van der Waals surface area contributed by atoms with Crippen molar-refractivity contribution in [2.24, 2.45) is 0 Å². The second-order valence-corrected chi connectivity index (χ2v) is 8.25. The van der Waals surface area contributed by atoms with E-state index in [0.29, 0.717) is 17.8 Å². The van der Waals surface area contributed by atoms with E-state index >= 15 is 0 Å². The van der Waals surface area contributed by atoms with Crippen LogP contribution < -0.4 is 10.0 Å². The minimum absolute atomic E-state index is 0.0497. The Morgan fingerprint density at radius 2 is 1.93 bits per heavy atom. The third-order valence-electron chi connectivity index (χ3n) is 4.57. The maximum atomic E-state index is 12.6. The van der Waals surface area contributed by atoms with Crippen molar-refractivity contribution in [1.82, 2.24) is 20.1 Å². The summed E-state index contributed by atoms with van der Waals surface area (Å²) >= 11 is 0. The maximum absolute atomic E-state index is 12.6. The molecule has 0 spiro atoms. The Bertz CT molecular complexity index is 1100. The molecule has 8 nitrogen and oxygen atoms in total. The van der Waals surface area contributed by atoms with Gasteiger partial charge in [-0.2, -0.15) is 5.10 Å². The number of hydrogen-bond acceptors (Lipinski definition) is 5. The fourth-order valence-corrected chi connectivity index (χ4v) is 4.23. The molecule has 0 bridgehead atoms. The molecule has 4 rings (SSSR count). The summed E-state index contributed by atoms with van der Waals surface area (Å²) in [7, 11) is -3.71. The van der Waals surface area contributed by atoms with Gasteiger partial charge in [-0.1, -0.05) is 24.3 Å². The molecule has 28 heavy (non-hydrogen) atoms. The number of amides is 1. The van der Waals surface area contributed by atoms with E-state index in [2.05, 4.69) is 20.1 Å². The van der Waals surface area contributed by atoms with Gasteiger partial charge in [-0.15, -0.1) is 0 Å². The number of hydrogen-bond donors (Lipinski definition) is 2. The first kappa shape index (κ1) is 18.2. The van der Waals surface area contributed by atoms with Crippen molar-refractivity contribution in [1.29, 1.82) is 0 Å². The normalized spacial score (nSPS) is 16.2. The van der Waals surface area contributed by atoms with Crippen LogP contribution in [0.5, 0.6) is 0 Å². The van der Waals surface area contributed by atoms with Crippen molar-refractivity contribution >= 4 is 21.6 Å². The third kappa shape index (κ3) is 3.89. The molecule has 0 aliphatic carbocycles. The van der Waals surface area contributed by atoms with E-state index in [4.69, 9.17) is 0 Å². The molecule has 3 aromatic rings. The number of nitrogens with one attached hydrogen (secondary N) is 2. The molecule has 2 N–H and O–H groups in total. The van der Waals surface area contributed by atoms with Crippen molar-refractivity contribution < 1.29 is 13.2 Å². The number of carbonyl (C=O) groups is 1. The number of anilines is 1. The lowest BCUT2D eigenvalue weighted by atomic mass is 10.1. The first-order chi connectivity index (χ1) is 13.5. The van der Waals surface area contributed by atoms with Gasteiger partial charge in [-0.05, 0) is 36.8 Å². The van der Waals surface area contributed by atoms with E-state index in [1.54, 1.807) is 41.1 Å². The molecule has 0 fully saturated rings. The van der Waals surface area contributed by atoms with Crippen LogP contribution in [0.1, 0.15) is 22.6 Å². The van der Waals surface area contributed by atoms with E-state index in [9.17, 15) is 13.2 Å². The third-order valence-corrected chi connectivity index (χ3v) is 5.97. The van der Waals surface area contributed by atoms with Crippen molar-refractivity contribution in [2.75, 3.05) is 4.72 Å². The van der Waals surface area contributed by atoms with Gasteiger partial charge in [-0.25, -0.2) is 18.1 Å². The molecule has 1 amide bonds. The highest BCUT2D eigenvalue weighted by molar-refractivity contribution is 7.92. The lowest BCUT2D eigenvalue weighted by Gasteiger charge is -2.23. The number of aryl methyl sites for hydroxylation is 1. The van der Waals surface area contributed by atoms with Gasteiger partial charge in [0.25, 0.3) is 15.9 Å². The average Bonchev–Trinajstić information content (AvgIpc) is 3.16. The van der Waals surface area contributed by atoms with Gasteiger partial charge in [0.2, 0.25) is 0 Å². The summed E-state index contributed by atoms with van der Waals surface area (Å²) in [5.74, 6) is 0.664. The zero-order chi connectivity index (χ0) is 19.6. The Labute approximate surface area is 162 Å². The monoisotopic (exact) mass is 397 g/mol. The molecular weight excluding hydrogens is 378 g/mol. The molecule has 1 atom stereocenters. The summed E-state index contributed by atoms with van der Waals surface area (Å²) in [6.07, 6.45) is 3.05. The van der Waals surface area contributed by atoms with Gasteiger partial charge in [0.1, 0.15) is 12.2 Å². The minimum Gasteiger partial charge on any atom is -0.347 e. The molecule has 0 unspecified atom stereocenters. The second-order valence-electron chi connectivity index (χ2n) is 6.57. The van der Waals surface area contributed by atoms with E-state index in [0.717, 1.165) is 18.7 Å². The van der Waals surface area contributed by atoms with E-state index < -0.39 is 10.0 Å². The number of sulfonamides is 1. The molecule has 0 saturated carbocycles. The summed E-state index contributed by atoms with van der Waals surface area (Å²) < 4.78 is 29.2. The van der Waals surface area contributed by atoms with Gasteiger partial charge in [-0.3, -0.25) is 9.52 Å². The molecule has 0 radical (unpaired) electrons. The maximum Gasteiger partial charge on any atom is 0.261 e.